The summed E-state index contributed by atoms with van der Waals surface area (Å²) in [5, 5.41) is 6.88. The van der Waals surface area contributed by atoms with E-state index in [1.165, 1.54) is 0 Å². The molecule has 0 fully saturated rings. The Morgan fingerprint density at radius 1 is 0.947 bits per heavy atom. The van der Waals surface area contributed by atoms with Crippen molar-refractivity contribution in [3.05, 3.63) is 76.8 Å². The Morgan fingerprint density at radius 3 is 2.29 bits per heavy atom. The molecule has 0 unspecified atom stereocenters. The summed E-state index contributed by atoms with van der Waals surface area (Å²) in [6, 6.07) is 18.3. The molecule has 0 aliphatic carbocycles. The van der Waals surface area contributed by atoms with Crippen molar-refractivity contribution in [1.29, 1.82) is 0 Å². The Hall–Kier alpha value is -4.01. The fourth-order valence-electron chi connectivity index (χ4n) is 4.30. The van der Waals surface area contributed by atoms with Gasteiger partial charge in [-0.1, -0.05) is 17.7 Å². The summed E-state index contributed by atoms with van der Waals surface area (Å²) < 4.78 is 10.9. The van der Waals surface area contributed by atoms with Gasteiger partial charge in [0.25, 0.3) is 5.91 Å². The molecular weight excluding hydrogens is 504 g/mol. The van der Waals surface area contributed by atoms with Gasteiger partial charge in [-0.2, -0.15) is 0 Å². The van der Waals surface area contributed by atoms with Crippen molar-refractivity contribution >= 4 is 51.7 Å². The standard InChI is InChI=1S/C29H31ClN4O4/c1-18(35)34(15-14-33(2)3)22-10-8-21(9-11-22)31-28(19-6-13-25(37-4)26(16-19)38-5)27-23-12-7-20(30)17-24(23)32-29(27)36/h6-13,16-17,31H,14-15H2,1-5H3,(H,32,36)/b28-27-. The quantitative estimate of drug-likeness (QED) is 0.367. The van der Waals surface area contributed by atoms with Crippen molar-refractivity contribution in [3.63, 3.8) is 0 Å². The van der Waals surface area contributed by atoms with Gasteiger partial charge in [0.2, 0.25) is 5.91 Å². The first kappa shape index (κ1) is 27.0. The zero-order chi connectivity index (χ0) is 27.4. The number of anilines is 3. The minimum Gasteiger partial charge on any atom is -0.493 e. The summed E-state index contributed by atoms with van der Waals surface area (Å²) in [6.45, 7) is 2.88. The van der Waals surface area contributed by atoms with E-state index in [1.807, 2.05) is 61.5 Å². The molecule has 3 aromatic carbocycles. The number of hydrogen-bond acceptors (Lipinski definition) is 6. The maximum absolute atomic E-state index is 13.2. The zero-order valence-electron chi connectivity index (χ0n) is 22.1. The molecule has 8 nitrogen and oxygen atoms in total. The maximum atomic E-state index is 13.2. The highest BCUT2D eigenvalue weighted by atomic mass is 35.5. The molecule has 1 aliphatic heterocycles. The molecule has 38 heavy (non-hydrogen) atoms. The first-order chi connectivity index (χ1) is 18.2. The summed E-state index contributed by atoms with van der Waals surface area (Å²) >= 11 is 6.18. The SMILES string of the molecule is COc1ccc(/C(Nc2ccc(N(CCN(C)C)C(C)=O)cc2)=C2/C(=O)Nc3cc(Cl)ccc32)cc1OC. The monoisotopic (exact) mass is 534 g/mol. The molecule has 4 rings (SSSR count). The van der Waals surface area contributed by atoms with Crippen LogP contribution in [0.4, 0.5) is 17.1 Å². The number of methoxy groups -OCH3 is 2. The van der Waals surface area contributed by atoms with Crippen LogP contribution in [0, 0.1) is 0 Å². The van der Waals surface area contributed by atoms with Crippen molar-refractivity contribution in [2.75, 3.05) is 56.9 Å². The molecule has 0 saturated carbocycles. The van der Waals surface area contributed by atoms with Crippen molar-refractivity contribution in [1.82, 2.24) is 4.90 Å². The van der Waals surface area contributed by atoms with E-state index in [0.717, 1.165) is 29.0 Å². The minimum absolute atomic E-state index is 0.0291. The average molecular weight is 535 g/mol. The van der Waals surface area contributed by atoms with Crippen molar-refractivity contribution < 1.29 is 19.1 Å². The molecule has 0 radical (unpaired) electrons. The smallest absolute Gasteiger partial charge is 0.258 e. The third-order valence-electron chi connectivity index (χ3n) is 6.25. The van der Waals surface area contributed by atoms with Crippen LogP contribution in [0.1, 0.15) is 18.1 Å². The van der Waals surface area contributed by atoms with Gasteiger partial charge in [0.05, 0.1) is 31.2 Å². The second kappa shape index (κ2) is 11.6. The molecule has 2 N–H and O–H groups in total. The molecule has 0 spiro atoms. The summed E-state index contributed by atoms with van der Waals surface area (Å²) in [4.78, 5) is 29.3. The highest BCUT2D eigenvalue weighted by Crippen LogP contribution is 2.40. The molecule has 9 heteroatoms. The number of likely N-dealkylation sites (N-methyl/N-ethyl adjacent to an activating group) is 1. The number of carbonyl (C=O) groups is 2. The van der Waals surface area contributed by atoms with Gasteiger partial charge in [0.1, 0.15) is 0 Å². The Morgan fingerprint density at radius 2 is 1.66 bits per heavy atom. The summed E-state index contributed by atoms with van der Waals surface area (Å²) in [5.74, 6) is 0.837. The first-order valence-electron chi connectivity index (χ1n) is 12.1. The molecule has 0 atom stereocenters. The van der Waals surface area contributed by atoms with E-state index in [9.17, 15) is 9.59 Å². The van der Waals surface area contributed by atoms with Crippen LogP contribution < -0.4 is 25.0 Å². The third-order valence-corrected chi connectivity index (χ3v) is 6.48. The van der Waals surface area contributed by atoms with Gasteiger partial charge in [-0.15, -0.1) is 0 Å². The third kappa shape index (κ3) is 5.77. The summed E-state index contributed by atoms with van der Waals surface area (Å²) in [7, 11) is 7.08. The van der Waals surface area contributed by atoms with Crippen molar-refractivity contribution in [3.8, 4) is 11.5 Å². The number of nitrogens with zero attached hydrogens (tertiary/aromatic N) is 2. The second-order valence-electron chi connectivity index (χ2n) is 9.11. The Labute approximate surface area is 227 Å². The van der Waals surface area contributed by atoms with E-state index in [2.05, 4.69) is 10.6 Å². The molecule has 0 aromatic heterocycles. The van der Waals surface area contributed by atoms with E-state index < -0.39 is 0 Å². The number of nitrogens with one attached hydrogen (secondary N) is 2. The first-order valence-corrected chi connectivity index (χ1v) is 12.5. The molecule has 2 amide bonds. The Kier molecular flexibility index (Phi) is 8.24. The van der Waals surface area contributed by atoms with Crippen LogP contribution in [0.2, 0.25) is 5.02 Å². The van der Waals surface area contributed by atoms with Crippen molar-refractivity contribution in [2.24, 2.45) is 0 Å². The highest BCUT2D eigenvalue weighted by molar-refractivity contribution is 6.38. The van der Waals surface area contributed by atoms with Gasteiger partial charge < -0.3 is 29.9 Å². The molecular formula is C29H31ClN4O4. The highest BCUT2D eigenvalue weighted by Gasteiger charge is 2.29. The van der Waals surface area contributed by atoms with E-state index in [1.54, 1.807) is 44.2 Å². The maximum Gasteiger partial charge on any atom is 0.258 e. The molecule has 1 aliphatic rings. The predicted molar refractivity (Wildman–Crippen MR) is 153 cm³/mol. The molecule has 0 bridgehead atoms. The largest absolute Gasteiger partial charge is 0.493 e. The number of fused-ring (bicyclic) bond motifs is 1. The normalized spacial score (nSPS) is 13.6. The van der Waals surface area contributed by atoms with Crippen LogP contribution >= 0.6 is 11.6 Å². The lowest BCUT2D eigenvalue weighted by molar-refractivity contribution is -0.116. The van der Waals surface area contributed by atoms with Crippen LogP contribution in [0.3, 0.4) is 0 Å². The zero-order valence-corrected chi connectivity index (χ0v) is 22.8. The van der Waals surface area contributed by atoms with Gasteiger partial charge in [-0.25, -0.2) is 0 Å². The van der Waals surface area contributed by atoms with E-state index in [0.29, 0.717) is 40.0 Å². The number of rotatable bonds is 9. The van der Waals surface area contributed by atoms with Gasteiger partial charge >= 0.3 is 0 Å². The number of halogens is 1. The molecule has 1 heterocycles. The van der Waals surface area contributed by atoms with Gasteiger partial charge in [0.15, 0.2) is 11.5 Å². The van der Waals surface area contributed by atoms with Gasteiger partial charge in [0, 0.05) is 47.5 Å². The van der Waals surface area contributed by atoms with Gasteiger partial charge in [-0.3, -0.25) is 9.59 Å². The average Bonchev–Trinajstić information content (AvgIpc) is 3.21. The van der Waals surface area contributed by atoms with Crippen LogP contribution in [-0.2, 0) is 9.59 Å². The van der Waals surface area contributed by atoms with E-state index in [4.69, 9.17) is 21.1 Å². The Bertz CT molecular complexity index is 1390. The second-order valence-corrected chi connectivity index (χ2v) is 9.55. The van der Waals surface area contributed by atoms with Gasteiger partial charge in [-0.05, 0) is 68.7 Å². The number of benzene rings is 3. The van der Waals surface area contributed by atoms with Crippen LogP contribution in [-0.4, -0.2) is 58.1 Å². The molecule has 0 saturated heterocycles. The van der Waals surface area contributed by atoms with E-state index in [-0.39, 0.29) is 11.8 Å². The van der Waals surface area contributed by atoms with Crippen LogP contribution in [0.15, 0.2) is 60.7 Å². The Balaban J connectivity index is 1.77. The summed E-state index contributed by atoms with van der Waals surface area (Å²) in [5.41, 5.74) is 4.72. The lowest BCUT2D eigenvalue weighted by Crippen LogP contribution is -2.35. The number of amides is 2. The van der Waals surface area contributed by atoms with Crippen LogP contribution in [0.25, 0.3) is 11.3 Å². The molecule has 198 valence electrons. The fraction of sp³-hybridized carbons (Fsp3) is 0.241. The number of carbonyl (C=O) groups excluding carboxylic acids is 2. The number of hydrogen-bond donors (Lipinski definition) is 2. The topological polar surface area (TPSA) is 83.1 Å². The lowest BCUT2D eigenvalue weighted by atomic mass is 9.99. The van der Waals surface area contributed by atoms with Crippen LogP contribution in [0.5, 0.6) is 11.5 Å². The minimum atomic E-state index is -0.248. The fourth-order valence-corrected chi connectivity index (χ4v) is 4.47. The molecule has 3 aromatic rings. The van der Waals surface area contributed by atoms with Crippen molar-refractivity contribution in [2.45, 2.75) is 6.92 Å². The predicted octanol–water partition coefficient (Wildman–Crippen LogP) is 5.20. The van der Waals surface area contributed by atoms with E-state index >= 15 is 0 Å². The number of ether oxygens (including phenoxy) is 2. The lowest BCUT2D eigenvalue weighted by Gasteiger charge is -2.23. The summed E-state index contributed by atoms with van der Waals surface area (Å²) in [6.07, 6.45) is 0.